The zero-order valence-corrected chi connectivity index (χ0v) is 13.6. The van der Waals surface area contributed by atoms with Crippen molar-refractivity contribution in [2.75, 3.05) is 4.90 Å². The first kappa shape index (κ1) is 14.7. The van der Waals surface area contributed by atoms with Crippen LogP contribution in [0.3, 0.4) is 0 Å². The first-order chi connectivity index (χ1) is 12.6. The molecule has 1 aliphatic rings. The van der Waals surface area contributed by atoms with Crippen molar-refractivity contribution < 1.29 is 14.3 Å². The van der Waals surface area contributed by atoms with Gasteiger partial charge in [-0.15, -0.1) is 0 Å². The molecule has 0 spiro atoms. The number of carbonyl (C=O) groups is 1. The Morgan fingerprint density at radius 2 is 1.69 bits per heavy atom. The van der Waals surface area contributed by atoms with Crippen molar-refractivity contribution in [2.24, 2.45) is 0 Å². The SMILES string of the molecule is O=C1c2cccc3cccc(c23)N1Cc1c(O)c2ccccc2oc1=O. The number of anilines is 1. The van der Waals surface area contributed by atoms with Crippen molar-refractivity contribution in [1.82, 2.24) is 0 Å². The van der Waals surface area contributed by atoms with E-state index < -0.39 is 5.63 Å². The first-order valence-electron chi connectivity index (χ1n) is 8.22. The standard InChI is InChI=1S/C21H13NO4/c23-19-13-7-1-2-10-17(13)26-21(25)15(19)11-22-16-9-4-6-12-5-3-8-14(18(12)16)20(22)24/h1-10,23H,11H2. The van der Waals surface area contributed by atoms with Gasteiger partial charge in [0.2, 0.25) is 0 Å². The number of rotatable bonds is 2. The molecule has 0 saturated heterocycles. The third kappa shape index (κ3) is 1.91. The largest absolute Gasteiger partial charge is 0.507 e. The van der Waals surface area contributed by atoms with E-state index in [0.717, 1.165) is 16.5 Å². The third-order valence-electron chi connectivity index (χ3n) is 4.84. The minimum atomic E-state index is -0.642. The van der Waals surface area contributed by atoms with Crippen LogP contribution in [0.2, 0.25) is 0 Å². The van der Waals surface area contributed by atoms with Crippen LogP contribution in [0.25, 0.3) is 21.7 Å². The molecular formula is C21H13NO4. The predicted octanol–water partition coefficient (Wildman–Crippen LogP) is 3.81. The number of para-hydroxylation sites is 1. The minimum absolute atomic E-state index is 0.0500. The lowest BCUT2D eigenvalue weighted by molar-refractivity contribution is 0.0991. The van der Waals surface area contributed by atoms with Crippen LogP contribution < -0.4 is 10.5 Å². The van der Waals surface area contributed by atoms with Crippen molar-refractivity contribution in [3.05, 3.63) is 82.2 Å². The molecule has 5 nitrogen and oxygen atoms in total. The van der Waals surface area contributed by atoms with E-state index >= 15 is 0 Å². The molecule has 0 saturated carbocycles. The Morgan fingerprint density at radius 1 is 0.923 bits per heavy atom. The van der Waals surface area contributed by atoms with Gasteiger partial charge in [-0.3, -0.25) is 4.79 Å². The van der Waals surface area contributed by atoms with Gasteiger partial charge in [-0.25, -0.2) is 4.79 Å². The molecule has 5 rings (SSSR count). The average molecular weight is 343 g/mol. The molecule has 1 aliphatic heterocycles. The second-order valence-electron chi connectivity index (χ2n) is 6.28. The van der Waals surface area contributed by atoms with Crippen LogP contribution in [0.15, 0.2) is 69.9 Å². The van der Waals surface area contributed by atoms with E-state index in [1.165, 1.54) is 4.90 Å². The lowest BCUT2D eigenvalue weighted by atomic mass is 10.1. The van der Waals surface area contributed by atoms with Gasteiger partial charge in [0.25, 0.3) is 5.91 Å². The Bertz CT molecular complexity index is 1270. The van der Waals surface area contributed by atoms with Gasteiger partial charge in [-0.2, -0.15) is 0 Å². The molecule has 0 atom stereocenters. The van der Waals surface area contributed by atoms with Gasteiger partial charge in [-0.1, -0.05) is 36.4 Å². The number of aromatic hydroxyl groups is 1. The van der Waals surface area contributed by atoms with E-state index in [2.05, 4.69) is 0 Å². The second kappa shape index (κ2) is 5.20. The van der Waals surface area contributed by atoms with Gasteiger partial charge in [0.1, 0.15) is 11.3 Å². The molecular weight excluding hydrogens is 330 g/mol. The maximum Gasteiger partial charge on any atom is 0.345 e. The number of fused-ring (bicyclic) bond motifs is 1. The molecule has 0 aliphatic carbocycles. The summed E-state index contributed by atoms with van der Waals surface area (Å²) in [6, 6.07) is 18.0. The van der Waals surface area contributed by atoms with Gasteiger partial charge in [0, 0.05) is 10.9 Å². The van der Waals surface area contributed by atoms with Crippen LogP contribution in [0.4, 0.5) is 5.69 Å². The van der Waals surface area contributed by atoms with Crippen molar-refractivity contribution in [2.45, 2.75) is 6.54 Å². The Balaban J connectivity index is 1.68. The molecule has 0 bridgehead atoms. The summed E-state index contributed by atoms with van der Waals surface area (Å²) in [6.45, 7) is -0.0500. The van der Waals surface area contributed by atoms with Gasteiger partial charge in [0.05, 0.1) is 23.2 Å². The highest BCUT2D eigenvalue weighted by Gasteiger charge is 2.31. The Kier molecular flexibility index (Phi) is 2.94. The molecule has 0 unspecified atom stereocenters. The fourth-order valence-corrected chi connectivity index (χ4v) is 3.61. The molecule has 3 aromatic carbocycles. The van der Waals surface area contributed by atoms with E-state index in [1.54, 1.807) is 30.3 Å². The highest BCUT2D eigenvalue weighted by molar-refractivity contribution is 6.24. The molecule has 2 heterocycles. The third-order valence-corrected chi connectivity index (χ3v) is 4.84. The van der Waals surface area contributed by atoms with Crippen molar-refractivity contribution >= 4 is 33.3 Å². The number of nitrogens with zero attached hydrogens (tertiary/aromatic N) is 1. The molecule has 0 radical (unpaired) electrons. The summed E-state index contributed by atoms with van der Waals surface area (Å²) in [7, 11) is 0. The quantitative estimate of drug-likeness (QED) is 0.562. The summed E-state index contributed by atoms with van der Waals surface area (Å²) >= 11 is 0. The van der Waals surface area contributed by atoms with Crippen LogP contribution in [0.1, 0.15) is 15.9 Å². The van der Waals surface area contributed by atoms with E-state index in [1.807, 2.05) is 30.3 Å². The van der Waals surface area contributed by atoms with Gasteiger partial charge >= 0.3 is 5.63 Å². The summed E-state index contributed by atoms with van der Waals surface area (Å²) < 4.78 is 5.32. The maximum absolute atomic E-state index is 12.9. The molecule has 26 heavy (non-hydrogen) atoms. The topological polar surface area (TPSA) is 70.8 Å². The number of carbonyl (C=O) groups excluding carboxylic acids is 1. The van der Waals surface area contributed by atoms with Crippen LogP contribution >= 0.6 is 0 Å². The Labute approximate surface area is 147 Å². The lowest BCUT2D eigenvalue weighted by Gasteiger charge is -2.18. The summed E-state index contributed by atoms with van der Waals surface area (Å²) in [4.78, 5) is 26.8. The average Bonchev–Trinajstić information content (AvgIpc) is 2.93. The monoisotopic (exact) mass is 343 g/mol. The number of hydrogen-bond acceptors (Lipinski definition) is 4. The Hall–Kier alpha value is -3.60. The van der Waals surface area contributed by atoms with Crippen molar-refractivity contribution in [3.63, 3.8) is 0 Å². The molecule has 1 aromatic heterocycles. The molecule has 1 amide bonds. The van der Waals surface area contributed by atoms with Crippen LogP contribution in [-0.4, -0.2) is 11.0 Å². The first-order valence-corrected chi connectivity index (χ1v) is 8.22. The van der Waals surface area contributed by atoms with Crippen LogP contribution in [0.5, 0.6) is 5.75 Å². The normalized spacial score (nSPS) is 13.1. The van der Waals surface area contributed by atoms with E-state index in [4.69, 9.17) is 4.42 Å². The molecule has 5 heteroatoms. The molecule has 4 aromatic rings. The summed E-state index contributed by atoms with van der Waals surface area (Å²) in [5.41, 5.74) is 1.08. The van der Waals surface area contributed by atoms with Gasteiger partial charge in [0.15, 0.2) is 0 Å². The molecule has 1 N–H and O–H groups in total. The molecule has 0 fully saturated rings. The molecule has 126 valence electrons. The predicted molar refractivity (Wildman–Crippen MR) is 98.6 cm³/mol. The van der Waals surface area contributed by atoms with Gasteiger partial charge < -0.3 is 14.4 Å². The maximum atomic E-state index is 12.9. The summed E-state index contributed by atoms with van der Waals surface area (Å²) in [5, 5.41) is 12.9. The highest BCUT2D eigenvalue weighted by atomic mass is 16.4. The van der Waals surface area contributed by atoms with Crippen molar-refractivity contribution in [1.29, 1.82) is 0 Å². The van der Waals surface area contributed by atoms with Gasteiger partial charge in [-0.05, 0) is 29.7 Å². The van der Waals surface area contributed by atoms with E-state index in [9.17, 15) is 14.7 Å². The highest BCUT2D eigenvalue weighted by Crippen LogP contribution is 2.38. The Morgan fingerprint density at radius 3 is 2.54 bits per heavy atom. The fraction of sp³-hybridized carbons (Fsp3) is 0.0476. The second-order valence-corrected chi connectivity index (χ2v) is 6.28. The smallest absolute Gasteiger partial charge is 0.345 e. The number of amides is 1. The van der Waals surface area contributed by atoms with Crippen LogP contribution in [-0.2, 0) is 6.54 Å². The van der Waals surface area contributed by atoms with E-state index in [0.29, 0.717) is 16.5 Å². The summed E-state index contributed by atoms with van der Waals surface area (Å²) in [6.07, 6.45) is 0. The van der Waals surface area contributed by atoms with Crippen LogP contribution in [0, 0.1) is 0 Å². The minimum Gasteiger partial charge on any atom is -0.507 e. The zero-order chi connectivity index (χ0) is 17.8. The fourth-order valence-electron chi connectivity index (χ4n) is 3.61. The zero-order valence-electron chi connectivity index (χ0n) is 13.6. The number of benzene rings is 3. The van der Waals surface area contributed by atoms with E-state index in [-0.39, 0.29) is 23.8 Å². The lowest BCUT2D eigenvalue weighted by Crippen LogP contribution is -2.28. The summed E-state index contributed by atoms with van der Waals surface area (Å²) in [5.74, 6) is -0.337. The number of hydrogen-bond donors (Lipinski definition) is 1. The van der Waals surface area contributed by atoms with Crippen molar-refractivity contribution in [3.8, 4) is 5.75 Å².